The summed E-state index contributed by atoms with van der Waals surface area (Å²) in [5.74, 6) is 1.43. The lowest BCUT2D eigenvalue weighted by Gasteiger charge is -2.15. The predicted octanol–water partition coefficient (Wildman–Crippen LogP) is 7.06. The molecule has 0 spiro atoms. The third-order valence-corrected chi connectivity index (χ3v) is 6.80. The van der Waals surface area contributed by atoms with Gasteiger partial charge in [-0.05, 0) is 60.7 Å². The molecule has 0 aliphatic carbocycles. The van der Waals surface area contributed by atoms with Crippen molar-refractivity contribution in [1.29, 1.82) is 0 Å². The number of pyridine rings is 1. The van der Waals surface area contributed by atoms with Crippen LogP contribution in [0.25, 0.3) is 56.0 Å². The Hall–Kier alpha value is -5.29. The van der Waals surface area contributed by atoms with Crippen LogP contribution >= 0.6 is 0 Å². The van der Waals surface area contributed by atoms with E-state index >= 15 is 0 Å². The number of benzene rings is 5. The van der Waals surface area contributed by atoms with Gasteiger partial charge in [0.2, 0.25) is 0 Å². The van der Waals surface area contributed by atoms with E-state index in [0.717, 1.165) is 39.4 Å². The zero-order chi connectivity index (χ0) is 25.5. The molecule has 7 rings (SSSR count). The molecule has 0 N–H and O–H groups in total. The highest BCUT2D eigenvalue weighted by atomic mass is 16.1. The Labute approximate surface area is 218 Å². The summed E-state index contributed by atoms with van der Waals surface area (Å²) in [5, 5.41) is 6.30. The summed E-state index contributed by atoms with van der Waals surface area (Å²) < 4.78 is 4.03. The van der Waals surface area contributed by atoms with Crippen LogP contribution in [-0.2, 0) is 0 Å². The van der Waals surface area contributed by atoms with E-state index < -0.39 is 0 Å². The number of hydrogen-bond acceptors (Lipinski definition) is 3. The van der Waals surface area contributed by atoms with Gasteiger partial charge in [-0.3, -0.25) is 4.79 Å². The van der Waals surface area contributed by atoms with Gasteiger partial charge in [-0.15, -0.1) is 5.10 Å². The average Bonchev–Trinajstić information content (AvgIpc) is 3.44. The second kappa shape index (κ2) is 8.98. The fourth-order valence-electron chi connectivity index (χ4n) is 4.99. The smallest absolute Gasteiger partial charge is 0.197 e. The predicted molar refractivity (Wildman–Crippen MR) is 153 cm³/mol. The Morgan fingerprint density at radius 2 is 1.05 bits per heavy atom. The van der Waals surface area contributed by atoms with Crippen molar-refractivity contribution in [2.75, 3.05) is 0 Å². The van der Waals surface area contributed by atoms with E-state index in [1.54, 1.807) is 0 Å². The fraction of sp³-hybridized carbons (Fsp3) is 0. The molecular formula is C33H22N4O. The lowest BCUT2D eigenvalue weighted by molar-refractivity contribution is 0.890. The quantitative estimate of drug-likeness (QED) is 0.248. The fourth-order valence-corrected chi connectivity index (χ4v) is 4.99. The van der Waals surface area contributed by atoms with E-state index in [0.29, 0.717) is 16.6 Å². The normalized spacial score (nSPS) is 11.3. The highest BCUT2D eigenvalue weighted by molar-refractivity contribution is 5.95. The number of para-hydroxylation sites is 3. The number of aromatic nitrogens is 4. The first-order chi connectivity index (χ1) is 18.8. The Morgan fingerprint density at radius 3 is 1.68 bits per heavy atom. The maximum absolute atomic E-state index is 13.1. The number of rotatable bonds is 4. The first-order valence-electron chi connectivity index (χ1n) is 12.5. The molecule has 5 heteroatoms. The van der Waals surface area contributed by atoms with Gasteiger partial charge in [0.25, 0.3) is 0 Å². The molecule has 0 saturated heterocycles. The third kappa shape index (κ3) is 3.61. The molecule has 38 heavy (non-hydrogen) atoms. The van der Waals surface area contributed by atoms with E-state index in [1.165, 1.54) is 0 Å². The van der Waals surface area contributed by atoms with Crippen molar-refractivity contribution in [2.24, 2.45) is 0 Å². The van der Waals surface area contributed by atoms with E-state index in [1.807, 2.05) is 126 Å². The Balaban J connectivity index is 1.38. The van der Waals surface area contributed by atoms with Gasteiger partial charge in [-0.25, -0.2) is 9.67 Å². The van der Waals surface area contributed by atoms with Crippen molar-refractivity contribution in [3.8, 4) is 34.2 Å². The second-order valence-corrected chi connectivity index (χ2v) is 9.12. The molecule has 2 aromatic heterocycles. The van der Waals surface area contributed by atoms with Crippen LogP contribution in [0.5, 0.6) is 0 Å². The molecule has 0 unspecified atom stereocenters. The van der Waals surface area contributed by atoms with Gasteiger partial charge in [0.05, 0.1) is 16.7 Å². The number of nitrogens with zero attached hydrogens (tertiary/aromatic N) is 4. The molecule has 0 bridgehead atoms. The minimum absolute atomic E-state index is 0.0492. The van der Waals surface area contributed by atoms with Crippen molar-refractivity contribution < 1.29 is 0 Å². The standard InChI is InChI=1S/C33H22N4O/c38-31-27-15-7-9-17-29(27)36(30-18-10-8-16-28(30)31)25-21-19-23(20-22-25)32-34-33(24-11-3-1-4-12-24)37(35-32)26-13-5-2-6-14-26/h1-22H. The van der Waals surface area contributed by atoms with Crippen LogP contribution < -0.4 is 5.43 Å². The molecule has 2 heterocycles. The zero-order valence-corrected chi connectivity index (χ0v) is 20.4. The van der Waals surface area contributed by atoms with E-state index in [4.69, 9.17) is 10.1 Å². The van der Waals surface area contributed by atoms with E-state index in [9.17, 15) is 4.79 Å². The summed E-state index contributed by atoms with van der Waals surface area (Å²) >= 11 is 0. The van der Waals surface area contributed by atoms with E-state index in [-0.39, 0.29) is 5.43 Å². The zero-order valence-electron chi connectivity index (χ0n) is 20.4. The van der Waals surface area contributed by atoms with Gasteiger partial charge in [-0.2, -0.15) is 0 Å². The minimum Gasteiger partial charge on any atom is -0.309 e. The summed E-state index contributed by atoms with van der Waals surface area (Å²) in [6, 6.07) is 43.9. The molecule has 5 nitrogen and oxygen atoms in total. The molecule has 180 valence electrons. The summed E-state index contributed by atoms with van der Waals surface area (Å²) in [4.78, 5) is 18.1. The molecule has 7 aromatic rings. The maximum Gasteiger partial charge on any atom is 0.197 e. The first kappa shape index (κ1) is 21.9. The molecule has 0 aliphatic rings. The van der Waals surface area contributed by atoms with Gasteiger partial charge in [0, 0.05) is 27.6 Å². The van der Waals surface area contributed by atoms with Crippen LogP contribution in [0.3, 0.4) is 0 Å². The van der Waals surface area contributed by atoms with Crippen molar-refractivity contribution in [3.05, 3.63) is 144 Å². The minimum atomic E-state index is 0.0492. The largest absolute Gasteiger partial charge is 0.309 e. The van der Waals surface area contributed by atoms with Crippen LogP contribution in [0.15, 0.2) is 138 Å². The lowest BCUT2D eigenvalue weighted by Crippen LogP contribution is -2.10. The third-order valence-electron chi connectivity index (χ3n) is 6.80. The van der Waals surface area contributed by atoms with Crippen molar-refractivity contribution in [2.45, 2.75) is 0 Å². The van der Waals surface area contributed by atoms with Crippen LogP contribution in [-0.4, -0.2) is 19.3 Å². The van der Waals surface area contributed by atoms with Crippen molar-refractivity contribution in [3.63, 3.8) is 0 Å². The van der Waals surface area contributed by atoms with Crippen LogP contribution in [0.1, 0.15) is 0 Å². The Kier molecular flexibility index (Phi) is 5.19. The summed E-state index contributed by atoms with van der Waals surface area (Å²) in [6.45, 7) is 0. The summed E-state index contributed by atoms with van der Waals surface area (Å²) in [6.07, 6.45) is 0. The van der Waals surface area contributed by atoms with Crippen LogP contribution in [0.4, 0.5) is 0 Å². The molecule has 0 saturated carbocycles. The number of hydrogen-bond donors (Lipinski definition) is 0. The molecule has 0 radical (unpaired) electrons. The van der Waals surface area contributed by atoms with Gasteiger partial charge >= 0.3 is 0 Å². The van der Waals surface area contributed by atoms with Gasteiger partial charge < -0.3 is 4.57 Å². The molecular weight excluding hydrogens is 468 g/mol. The van der Waals surface area contributed by atoms with Gasteiger partial charge in [-0.1, -0.05) is 72.8 Å². The summed E-state index contributed by atoms with van der Waals surface area (Å²) in [5.41, 5.74) is 5.63. The second-order valence-electron chi connectivity index (χ2n) is 9.12. The molecule has 0 fully saturated rings. The molecule has 5 aromatic carbocycles. The maximum atomic E-state index is 13.1. The Morgan fingerprint density at radius 1 is 0.500 bits per heavy atom. The highest BCUT2D eigenvalue weighted by Crippen LogP contribution is 2.28. The Bertz CT molecular complexity index is 1860. The lowest BCUT2D eigenvalue weighted by atomic mass is 10.1. The first-order valence-corrected chi connectivity index (χ1v) is 12.5. The topological polar surface area (TPSA) is 52.7 Å². The van der Waals surface area contributed by atoms with Gasteiger partial charge in [0.1, 0.15) is 0 Å². The summed E-state index contributed by atoms with van der Waals surface area (Å²) in [7, 11) is 0. The molecule has 0 aliphatic heterocycles. The van der Waals surface area contributed by atoms with Crippen LogP contribution in [0.2, 0.25) is 0 Å². The van der Waals surface area contributed by atoms with Crippen molar-refractivity contribution in [1.82, 2.24) is 19.3 Å². The number of fused-ring (bicyclic) bond motifs is 2. The molecule has 0 amide bonds. The monoisotopic (exact) mass is 490 g/mol. The highest BCUT2D eigenvalue weighted by Gasteiger charge is 2.16. The SMILES string of the molecule is O=c1c2ccccc2n(-c2ccc(-c3nc(-c4ccccc4)n(-c4ccccc4)n3)cc2)c2ccccc12. The van der Waals surface area contributed by atoms with Crippen LogP contribution in [0, 0.1) is 0 Å². The average molecular weight is 491 g/mol. The van der Waals surface area contributed by atoms with Gasteiger partial charge in [0.15, 0.2) is 17.1 Å². The van der Waals surface area contributed by atoms with Crippen molar-refractivity contribution >= 4 is 21.8 Å². The van der Waals surface area contributed by atoms with E-state index in [2.05, 4.69) is 16.7 Å². The molecule has 0 atom stereocenters.